The molecule has 0 aliphatic rings. The Hall–Kier alpha value is -3.02. The van der Waals surface area contributed by atoms with Crippen LogP contribution in [-0.4, -0.2) is 39.1 Å². The summed E-state index contributed by atoms with van der Waals surface area (Å²) < 4.78 is 5.42. The summed E-state index contributed by atoms with van der Waals surface area (Å²) in [6.07, 6.45) is 0.799. The van der Waals surface area contributed by atoms with Gasteiger partial charge < -0.3 is 20.7 Å². The summed E-state index contributed by atoms with van der Waals surface area (Å²) in [4.78, 5) is 16.2. The Morgan fingerprint density at radius 1 is 1.04 bits per heavy atom. The van der Waals surface area contributed by atoms with Crippen LogP contribution in [0.3, 0.4) is 0 Å². The van der Waals surface area contributed by atoms with Gasteiger partial charge in [-0.1, -0.05) is 30.3 Å². The maximum Gasteiger partial charge on any atom is 0.251 e. The van der Waals surface area contributed by atoms with Crippen molar-refractivity contribution in [2.45, 2.75) is 19.9 Å². The molecule has 0 radical (unpaired) electrons. The number of guanidine groups is 1. The van der Waals surface area contributed by atoms with E-state index in [4.69, 9.17) is 4.74 Å². The van der Waals surface area contributed by atoms with Crippen LogP contribution in [0.15, 0.2) is 53.5 Å². The number of carbonyl (C=O) groups is 1. The van der Waals surface area contributed by atoms with Crippen LogP contribution in [0.4, 0.5) is 0 Å². The number of hydrogen-bond acceptors (Lipinski definition) is 3. The van der Waals surface area contributed by atoms with E-state index in [0.717, 1.165) is 23.3 Å². The third-order valence-corrected chi connectivity index (χ3v) is 4.08. The van der Waals surface area contributed by atoms with E-state index in [1.54, 1.807) is 26.3 Å². The number of rotatable bonds is 8. The lowest BCUT2D eigenvalue weighted by Gasteiger charge is -2.14. The largest absolute Gasteiger partial charge is 0.496 e. The number of aryl methyl sites for hydroxylation is 1. The van der Waals surface area contributed by atoms with Gasteiger partial charge in [-0.2, -0.15) is 0 Å². The Bertz CT molecular complexity index is 760. The second kappa shape index (κ2) is 10.9. The Kier molecular flexibility index (Phi) is 8.16. The monoisotopic (exact) mass is 368 g/mol. The van der Waals surface area contributed by atoms with E-state index in [-0.39, 0.29) is 5.91 Å². The molecule has 1 amide bonds. The molecule has 0 fully saturated rings. The number of nitrogens with zero attached hydrogens (tertiary/aromatic N) is 1. The first kappa shape index (κ1) is 20.3. The van der Waals surface area contributed by atoms with Crippen molar-refractivity contribution in [1.82, 2.24) is 16.0 Å². The molecular formula is C21H28N4O2. The number of nitrogens with one attached hydrogen (secondary N) is 3. The molecule has 0 unspecified atom stereocenters. The van der Waals surface area contributed by atoms with Crippen LogP contribution in [0.5, 0.6) is 5.75 Å². The first-order chi connectivity index (χ1) is 13.1. The SMILES string of the molecule is CN=C(NCCCNC(=O)c1ccccc1)NCc1ccc(C)cc1OC. The number of hydrogen-bond donors (Lipinski definition) is 3. The van der Waals surface area contributed by atoms with E-state index >= 15 is 0 Å². The molecule has 0 atom stereocenters. The van der Waals surface area contributed by atoms with E-state index in [1.807, 2.05) is 37.3 Å². The predicted molar refractivity (Wildman–Crippen MR) is 109 cm³/mol. The molecule has 0 aliphatic heterocycles. The quantitative estimate of drug-likeness (QED) is 0.380. The summed E-state index contributed by atoms with van der Waals surface area (Å²) in [6.45, 7) is 3.97. The summed E-state index contributed by atoms with van der Waals surface area (Å²) in [7, 11) is 3.41. The lowest BCUT2D eigenvalue weighted by molar-refractivity contribution is 0.0953. The van der Waals surface area contributed by atoms with Crippen molar-refractivity contribution in [2.75, 3.05) is 27.2 Å². The number of amides is 1. The van der Waals surface area contributed by atoms with Gasteiger partial charge in [0.2, 0.25) is 0 Å². The summed E-state index contributed by atoms with van der Waals surface area (Å²) >= 11 is 0. The molecule has 2 rings (SSSR count). The second-order valence-electron chi connectivity index (χ2n) is 6.14. The Morgan fingerprint density at radius 3 is 2.48 bits per heavy atom. The summed E-state index contributed by atoms with van der Waals surface area (Å²) in [6, 6.07) is 15.3. The molecule has 2 aromatic rings. The fourth-order valence-corrected chi connectivity index (χ4v) is 2.59. The van der Waals surface area contributed by atoms with E-state index < -0.39 is 0 Å². The topological polar surface area (TPSA) is 74.8 Å². The van der Waals surface area contributed by atoms with Crippen molar-refractivity contribution in [3.63, 3.8) is 0 Å². The zero-order valence-corrected chi connectivity index (χ0v) is 16.2. The molecule has 6 nitrogen and oxygen atoms in total. The van der Waals surface area contributed by atoms with Crippen LogP contribution in [0.1, 0.15) is 27.9 Å². The minimum absolute atomic E-state index is 0.0513. The predicted octanol–water partition coefficient (Wildman–Crippen LogP) is 2.49. The smallest absolute Gasteiger partial charge is 0.251 e. The lowest BCUT2D eigenvalue weighted by atomic mass is 10.1. The molecule has 0 bridgehead atoms. The molecule has 0 aromatic heterocycles. The minimum atomic E-state index is -0.0513. The van der Waals surface area contributed by atoms with Crippen LogP contribution in [0.2, 0.25) is 0 Å². The fraction of sp³-hybridized carbons (Fsp3) is 0.333. The van der Waals surface area contributed by atoms with Crippen LogP contribution < -0.4 is 20.7 Å². The zero-order chi connectivity index (χ0) is 19.5. The van der Waals surface area contributed by atoms with Crippen LogP contribution in [0.25, 0.3) is 0 Å². The van der Waals surface area contributed by atoms with Gasteiger partial charge in [0.15, 0.2) is 5.96 Å². The normalized spacial score (nSPS) is 11.0. The zero-order valence-electron chi connectivity index (χ0n) is 16.2. The molecule has 0 heterocycles. The first-order valence-electron chi connectivity index (χ1n) is 9.05. The van der Waals surface area contributed by atoms with Crippen molar-refractivity contribution in [1.29, 1.82) is 0 Å². The van der Waals surface area contributed by atoms with E-state index in [9.17, 15) is 4.79 Å². The number of methoxy groups -OCH3 is 1. The first-order valence-corrected chi connectivity index (χ1v) is 9.05. The van der Waals surface area contributed by atoms with Crippen molar-refractivity contribution < 1.29 is 9.53 Å². The molecule has 27 heavy (non-hydrogen) atoms. The van der Waals surface area contributed by atoms with Gasteiger partial charge in [-0.25, -0.2) is 0 Å². The third kappa shape index (κ3) is 6.66. The van der Waals surface area contributed by atoms with Gasteiger partial charge in [0, 0.05) is 37.8 Å². The van der Waals surface area contributed by atoms with Crippen molar-refractivity contribution in [3.8, 4) is 5.75 Å². The van der Waals surface area contributed by atoms with Gasteiger partial charge in [-0.3, -0.25) is 9.79 Å². The van der Waals surface area contributed by atoms with Gasteiger partial charge >= 0.3 is 0 Å². The third-order valence-electron chi connectivity index (χ3n) is 4.08. The number of aliphatic imine (C=N–C) groups is 1. The Labute approximate surface area is 161 Å². The molecule has 0 aliphatic carbocycles. The van der Waals surface area contributed by atoms with Gasteiger partial charge in [-0.05, 0) is 37.1 Å². The maximum absolute atomic E-state index is 12.0. The standard InChI is InChI=1S/C21H28N4O2/c1-16-10-11-18(19(14-16)27-3)15-25-21(22-2)24-13-7-12-23-20(26)17-8-5-4-6-9-17/h4-6,8-11,14H,7,12-13,15H2,1-3H3,(H,23,26)(H2,22,24,25). The minimum Gasteiger partial charge on any atom is -0.496 e. The highest BCUT2D eigenvalue weighted by molar-refractivity contribution is 5.94. The van der Waals surface area contributed by atoms with Gasteiger partial charge in [-0.15, -0.1) is 0 Å². The molecule has 2 aromatic carbocycles. The van der Waals surface area contributed by atoms with E-state index in [0.29, 0.717) is 31.2 Å². The van der Waals surface area contributed by atoms with Gasteiger partial charge in [0.25, 0.3) is 5.91 Å². The highest BCUT2D eigenvalue weighted by atomic mass is 16.5. The number of ether oxygens (including phenoxy) is 1. The van der Waals surface area contributed by atoms with Gasteiger partial charge in [0.05, 0.1) is 7.11 Å². The summed E-state index contributed by atoms with van der Waals surface area (Å²) in [5.41, 5.74) is 2.91. The molecule has 3 N–H and O–H groups in total. The number of benzene rings is 2. The van der Waals surface area contributed by atoms with Crippen LogP contribution in [0, 0.1) is 6.92 Å². The van der Waals surface area contributed by atoms with Crippen LogP contribution >= 0.6 is 0 Å². The molecule has 144 valence electrons. The van der Waals surface area contributed by atoms with Crippen LogP contribution in [-0.2, 0) is 6.54 Å². The Morgan fingerprint density at radius 2 is 1.78 bits per heavy atom. The molecule has 0 saturated heterocycles. The van der Waals surface area contributed by atoms with Crippen molar-refractivity contribution in [2.24, 2.45) is 4.99 Å². The lowest BCUT2D eigenvalue weighted by Crippen LogP contribution is -2.38. The molecule has 0 saturated carbocycles. The summed E-state index contributed by atoms with van der Waals surface area (Å²) in [5, 5.41) is 9.44. The molecule has 0 spiro atoms. The highest BCUT2D eigenvalue weighted by Gasteiger charge is 2.05. The number of carbonyl (C=O) groups excluding carboxylic acids is 1. The Balaban J connectivity index is 1.69. The molecule has 6 heteroatoms. The van der Waals surface area contributed by atoms with Crippen molar-refractivity contribution in [3.05, 3.63) is 65.2 Å². The van der Waals surface area contributed by atoms with E-state index in [2.05, 4.69) is 27.0 Å². The summed E-state index contributed by atoms with van der Waals surface area (Å²) in [5.74, 6) is 1.53. The average Bonchev–Trinajstić information content (AvgIpc) is 2.71. The highest BCUT2D eigenvalue weighted by Crippen LogP contribution is 2.19. The fourth-order valence-electron chi connectivity index (χ4n) is 2.59. The average molecular weight is 368 g/mol. The maximum atomic E-state index is 12.0. The van der Waals surface area contributed by atoms with E-state index in [1.165, 1.54) is 0 Å². The van der Waals surface area contributed by atoms with Gasteiger partial charge in [0.1, 0.15) is 5.75 Å². The molecular weight excluding hydrogens is 340 g/mol. The second-order valence-corrected chi connectivity index (χ2v) is 6.14. The van der Waals surface area contributed by atoms with Crippen molar-refractivity contribution >= 4 is 11.9 Å².